The molecule has 2 heterocycles. The maximum Gasteiger partial charge on any atom is 0.346 e. The standard InChI is InChI=1S/C12H14N2O3S/c1-2-4-14-7-10(6-13-14)17-8-9-3-5-18-11(9)12(15)16/h3,5-7H,2,4,8H2,1H3,(H,15,16). The van der Waals surface area contributed by atoms with Crippen molar-refractivity contribution in [2.75, 3.05) is 0 Å². The summed E-state index contributed by atoms with van der Waals surface area (Å²) in [5, 5.41) is 14.9. The predicted molar refractivity (Wildman–Crippen MR) is 68.1 cm³/mol. The van der Waals surface area contributed by atoms with E-state index < -0.39 is 5.97 Å². The number of nitrogens with zero attached hydrogens (tertiary/aromatic N) is 2. The van der Waals surface area contributed by atoms with Crippen LogP contribution in [0.3, 0.4) is 0 Å². The zero-order valence-corrected chi connectivity index (χ0v) is 10.8. The first kappa shape index (κ1) is 12.6. The lowest BCUT2D eigenvalue weighted by molar-refractivity contribution is 0.0699. The average molecular weight is 266 g/mol. The molecule has 0 spiro atoms. The van der Waals surface area contributed by atoms with Crippen LogP contribution in [0.5, 0.6) is 5.75 Å². The summed E-state index contributed by atoms with van der Waals surface area (Å²) in [6, 6.07) is 1.77. The molecule has 0 aliphatic carbocycles. The lowest BCUT2D eigenvalue weighted by Crippen LogP contribution is -2.01. The van der Waals surface area contributed by atoms with Crippen molar-refractivity contribution in [3.8, 4) is 5.75 Å². The van der Waals surface area contributed by atoms with Gasteiger partial charge in [-0.2, -0.15) is 5.10 Å². The minimum absolute atomic E-state index is 0.253. The summed E-state index contributed by atoms with van der Waals surface area (Å²) in [6.45, 7) is 3.18. The first-order chi connectivity index (χ1) is 8.70. The van der Waals surface area contributed by atoms with Gasteiger partial charge in [0, 0.05) is 12.1 Å². The molecule has 0 aliphatic heterocycles. The highest BCUT2D eigenvalue weighted by molar-refractivity contribution is 7.12. The Labute approximate surface area is 109 Å². The van der Waals surface area contributed by atoms with Gasteiger partial charge in [0.25, 0.3) is 0 Å². The van der Waals surface area contributed by atoms with Gasteiger partial charge in [-0.05, 0) is 17.9 Å². The van der Waals surface area contributed by atoms with E-state index in [-0.39, 0.29) is 6.61 Å². The zero-order chi connectivity index (χ0) is 13.0. The van der Waals surface area contributed by atoms with Gasteiger partial charge in [-0.1, -0.05) is 6.92 Å². The molecule has 0 aliphatic rings. The fraction of sp³-hybridized carbons (Fsp3) is 0.333. The third kappa shape index (κ3) is 2.89. The molecular weight excluding hydrogens is 252 g/mol. The Hall–Kier alpha value is -1.82. The van der Waals surface area contributed by atoms with Crippen LogP contribution in [0.15, 0.2) is 23.8 Å². The van der Waals surface area contributed by atoms with Gasteiger partial charge < -0.3 is 9.84 Å². The molecule has 0 atom stereocenters. The first-order valence-corrected chi connectivity index (χ1v) is 6.53. The van der Waals surface area contributed by atoms with Gasteiger partial charge in [-0.15, -0.1) is 11.3 Å². The molecule has 0 amide bonds. The molecular formula is C12H14N2O3S. The van der Waals surface area contributed by atoms with Gasteiger partial charge in [-0.3, -0.25) is 4.68 Å². The summed E-state index contributed by atoms with van der Waals surface area (Å²) in [4.78, 5) is 11.3. The fourth-order valence-electron chi connectivity index (χ4n) is 1.57. The normalized spacial score (nSPS) is 10.5. The summed E-state index contributed by atoms with van der Waals surface area (Å²) in [5.41, 5.74) is 0.691. The van der Waals surface area contributed by atoms with Crippen molar-refractivity contribution < 1.29 is 14.6 Å². The molecule has 2 rings (SSSR count). The average Bonchev–Trinajstić information content (AvgIpc) is 2.95. The van der Waals surface area contributed by atoms with Crippen LogP contribution in [0.25, 0.3) is 0 Å². The molecule has 1 N–H and O–H groups in total. The minimum atomic E-state index is -0.912. The smallest absolute Gasteiger partial charge is 0.346 e. The van der Waals surface area contributed by atoms with Crippen molar-refractivity contribution in [3.63, 3.8) is 0 Å². The number of carboxylic acids is 1. The number of hydrogen-bond acceptors (Lipinski definition) is 4. The number of hydrogen-bond donors (Lipinski definition) is 1. The van der Waals surface area contributed by atoms with Crippen LogP contribution in [0.1, 0.15) is 28.6 Å². The molecule has 0 bridgehead atoms. The van der Waals surface area contributed by atoms with Crippen LogP contribution < -0.4 is 4.74 Å². The topological polar surface area (TPSA) is 64.3 Å². The summed E-state index contributed by atoms with van der Waals surface area (Å²) < 4.78 is 7.33. The zero-order valence-electron chi connectivity index (χ0n) is 10.00. The summed E-state index contributed by atoms with van der Waals surface area (Å²) in [5.74, 6) is -0.253. The lowest BCUT2D eigenvalue weighted by Gasteiger charge is -2.02. The number of aromatic nitrogens is 2. The number of aromatic carboxylic acids is 1. The molecule has 0 unspecified atom stereocenters. The molecule has 0 fully saturated rings. The third-order valence-corrected chi connectivity index (χ3v) is 3.34. The van der Waals surface area contributed by atoms with Crippen molar-refractivity contribution in [2.45, 2.75) is 26.5 Å². The molecule has 5 nitrogen and oxygen atoms in total. The first-order valence-electron chi connectivity index (χ1n) is 5.65. The van der Waals surface area contributed by atoms with E-state index in [9.17, 15) is 4.79 Å². The van der Waals surface area contributed by atoms with Gasteiger partial charge >= 0.3 is 5.97 Å². The number of carboxylic acid groups (broad SMARTS) is 1. The molecule has 96 valence electrons. The van der Waals surface area contributed by atoms with Gasteiger partial charge in [0.15, 0.2) is 5.75 Å². The van der Waals surface area contributed by atoms with Crippen LogP contribution in [0.2, 0.25) is 0 Å². The molecule has 2 aromatic heterocycles. The Morgan fingerprint density at radius 2 is 2.44 bits per heavy atom. The number of ether oxygens (including phenoxy) is 1. The second kappa shape index (κ2) is 5.68. The van der Waals surface area contributed by atoms with Crippen molar-refractivity contribution in [2.24, 2.45) is 0 Å². The fourth-order valence-corrected chi connectivity index (χ4v) is 2.32. The number of thiophene rings is 1. The Balaban J connectivity index is 1.98. The number of rotatable bonds is 6. The predicted octanol–water partition coefficient (Wildman–Crippen LogP) is 2.63. The maximum atomic E-state index is 10.9. The van der Waals surface area contributed by atoms with E-state index in [1.165, 1.54) is 11.3 Å². The van der Waals surface area contributed by atoms with Crippen molar-refractivity contribution >= 4 is 17.3 Å². The molecule has 6 heteroatoms. The van der Waals surface area contributed by atoms with E-state index in [2.05, 4.69) is 12.0 Å². The van der Waals surface area contributed by atoms with Crippen LogP contribution in [0.4, 0.5) is 0 Å². The summed E-state index contributed by atoms with van der Waals surface area (Å²) in [6.07, 6.45) is 4.47. The van der Waals surface area contributed by atoms with Crippen molar-refractivity contribution in [1.29, 1.82) is 0 Å². The van der Waals surface area contributed by atoms with Gasteiger partial charge in [0.05, 0.1) is 12.4 Å². The van der Waals surface area contributed by atoms with E-state index in [0.29, 0.717) is 16.2 Å². The van der Waals surface area contributed by atoms with Gasteiger partial charge in [0.2, 0.25) is 0 Å². The maximum absolute atomic E-state index is 10.9. The molecule has 0 aromatic carbocycles. The molecule has 0 saturated heterocycles. The van der Waals surface area contributed by atoms with E-state index in [4.69, 9.17) is 9.84 Å². The summed E-state index contributed by atoms with van der Waals surface area (Å²) in [7, 11) is 0. The Bertz CT molecular complexity index is 533. The third-order valence-electron chi connectivity index (χ3n) is 2.40. The minimum Gasteiger partial charge on any atom is -0.486 e. The van der Waals surface area contributed by atoms with E-state index in [0.717, 1.165) is 13.0 Å². The summed E-state index contributed by atoms with van der Waals surface area (Å²) >= 11 is 1.21. The Morgan fingerprint density at radius 3 is 3.17 bits per heavy atom. The SMILES string of the molecule is CCCn1cc(OCc2ccsc2C(=O)O)cn1. The van der Waals surface area contributed by atoms with Crippen LogP contribution >= 0.6 is 11.3 Å². The largest absolute Gasteiger partial charge is 0.486 e. The van der Waals surface area contributed by atoms with Crippen LogP contribution in [-0.2, 0) is 13.2 Å². The second-order valence-corrected chi connectivity index (χ2v) is 4.72. The number of aryl methyl sites for hydroxylation is 1. The highest BCUT2D eigenvalue weighted by atomic mass is 32.1. The van der Waals surface area contributed by atoms with E-state index >= 15 is 0 Å². The molecule has 0 radical (unpaired) electrons. The van der Waals surface area contributed by atoms with E-state index in [1.807, 2.05) is 6.20 Å². The van der Waals surface area contributed by atoms with E-state index in [1.54, 1.807) is 22.3 Å². The Kier molecular flexibility index (Phi) is 3.99. The second-order valence-electron chi connectivity index (χ2n) is 3.81. The van der Waals surface area contributed by atoms with Crippen LogP contribution in [0, 0.1) is 0 Å². The molecule has 0 saturated carbocycles. The van der Waals surface area contributed by atoms with Crippen molar-refractivity contribution in [3.05, 3.63) is 34.3 Å². The number of carbonyl (C=O) groups is 1. The van der Waals surface area contributed by atoms with Gasteiger partial charge in [-0.25, -0.2) is 4.79 Å². The highest BCUT2D eigenvalue weighted by Crippen LogP contribution is 2.19. The quantitative estimate of drug-likeness (QED) is 0.873. The molecule has 18 heavy (non-hydrogen) atoms. The molecule has 2 aromatic rings. The Morgan fingerprint density at radius 1 is 1.61 bits per heavy atom. The van der Waals surface area contributed by atoms with Crippen LogP contribution in [-0.4, -0.2) is 20.9 Å². The lowest BCUT2D eigenvalue weighted by atomic mass is 10.3. The van der Waals surface area contributed by atoms with Crippen molar-refractivity contribution in [1.82, 2.24) is 9.78 Å². The van der Waals surface area contributed by atoms with Gasteiger partial charge in [0.1, 0.15) is 11.5 Å². The highest BCUT2D eigenvalue weighted by Gasteiger charge is 2.12. The monoisotopic (exact) mass is 266 g/mol.